The van der Waals surface area contributed by atoms with Crippen LogP contribution < -0.4 is 14.5 Å². The summed E-state index contributed by atoms with van der Waals surface area (Å²) in [6.45, 7) is 10.8. The summed E-state index contributed by atoms with van der Waals surface area (Å²) in [5.41, 5.74) is 1.78. The van der Waals surface area contributed by atoms with Crippen molar-refractivity contribution in [1.82, 2.24) is 9.55 Å². The Balaban J connectivity index is 1.06. The minimum Gasteiger partial charge on any atom is -0.457 e. The first kappa shape index (κ1) is 59.4. The van der Waals surface area contributed by atoms with Crippen molar-refractivity contribution in [3.8, 4) is 50.7 Å². The van der Waals surface area contributed by atoms with E-state index in [1.165, 1.54) is 16.0 Å². The predicted molar refractivity (Wildman–Crippen MR) is 332 cm³/mol. The van der Waals surface area contributed by atoms with E-state index in [9.17, 15) is 8.78 Å². The number of fused-ring (bicyclic) bond motifs is 4. The monoisotopic (exact) mass is 1210 g/mol. The van der Waals surface area contributed by atoms with Gasteiger partial charge in [0.1, 0.15) is 24.0 Å². The zero-order valence-electron chi connectivity index (χ0n) is 50.1. The van der Waals surface area contributed by atoms with Crippen LogP contribution in [0.4, 0.5) is 66.7 Å². The van der Waals surface area contributed by atoms with E-state index in [0.717, 1.165) is 121 Å². The van der Waals surface area contributed by atoms with Crippen LogP contribution in [0, 0.1) is 58.2 Å². The number of hydrogen-bond acceptors (Lipinski definition) is 4. The molecular weight excluding hydrogens is 1150 g/mol. The minimum absolute atomic E-state index is 0.00314. The standard InChI is InChI=1S/C74H64F10N4O/c1-73(2,3)43-30-31-85-58(36-43)88-54-25-14-13-22-50(54)51-29-28-46(38-57(51)88)89-47-33-42(59-48(40-18-9-7-10-19-40)23-17-24-49(59)41-20-11-8-12-21-41)32-45(37-47)86-39-87(56-27-16-15-26-55(56)86)72-52(60-62(75)66(79)70(83)67(80)63(60)76)34-44(74(4,5)6)35-53(72)61-64(77)68(81)71(84)69(82)65(61)78/h13-17,22-38,40-41H,7-12,18-21,39H2,1-6H3. The average molecular weight is 1220 g/mol. The molecule has 0 atom stereocenters. The van der Waals surface area contributed by atoms with Gasteiger partial charge in [0.05, 0.1) is 39.2 Å². The smallest absolute Gasteiger partial charge is 0.200 e. The largest absolute Gasteiger partial charge is 0.457 e. The van der Waals surface area contributed by atoms with E-state index in [2.05, 4.69) is 61.7 Å². The van der Waals surface area contributed by atoms with Crippen LogP contribution in [-0.2, 0) is 10.8 Å². The summed E-state index contributed by atoms with van der Waals surface area (Å²) < 4.78 is 169. The molecule has 10 aromatic rings. The van der Waals surface area contributed by atoms with Crippen molar-refractivity contribution in [1.29, 1.82) is 0 Å². The third-order valence-electron chi connectivity index (χ3n) is 18.4. The number of halogens is 10. The van der Waals surface area contributed by atoms with Gasteiger partial charge in [-0.25, -0.2) is 48.9 Å². The highest BCUT2D eigenvalue weighted by Crippen LogP contribution is 2.55. The molecule has 0 saturated heterocycles. The molecule has 2 fully saturated rings. The first-order chi connectivity index (χ1) is 42.6. The molecule has 0 bridgehead atoms. The van der Waals surface area contributed by atoms with Gasteiger partial charge in [-0.15, -0.1) is 0 Å². The lowest BCUT2D eigenvalue weighted by Gasteiger charge is -2.31. The quantitative estimate of drug-likeness (QED) is 0.0776. The predicted octanol–water partition coefficient (Wildman–Crippen LogP) is 22.3. The van der Waals surface area contributed by atoms with Gasteiger partial charge in [-0.1, -0.05) is 129 Å². The van der Waals surface area contributed by atoms with Crippen LogP contribution in [-0.4, -0.2) is 16.2 Å². The summed E-state index contributed by atoms with van der Waals surface area (Å²) >= 11 is 0. The van der Waals surface area contributed by atoms with Gasteiger partial charge in [-0.2, -0.15) is 0 Å². The van der Waals surface area contributed by atoms with Crippen molar-refractivity contribution in [3.63, 3.8) is 0 Å². The molecule has 2 aromatic heterocycles. The SMILES string of the molecule is CC(C)(C)c1ccnc(-n2c3ccccc3c3ccc(Oc4cc(-c5c(C6CCCCC6)cccc5C5CCCCC5)cc(N5CN(c6c(-c7c(F)c(F)c(F)c(F)c7F)cc(C(C)(C)C)cc6-c6c(F)c(F)c(F)c(F)c6F)c6ccccc65)c4)cc32)c1. The Kier molecular flexibility index (Phi) is 15.2. The normalized spacial score (nSPS) is 15.2. The fraction of sp³-hybridized carbons (Fsp3) is 0.284. The number of hydrogen-bond donors (Lipinski definition) is 0. The lowest BCUT2D eigenvalue weighted by Crippen LogP contribution is -2.26. The number of para-hydroxylation sites is 3. The Hall–Kier alpha value is -8.59. The average Bonchev–Trinajstić information content (AvgIpc) is 1.77. The molecule has 1 aliphatic heterocycles. The van der Waals surface area contributed by atoms with Crippen molar-refractivity contribution in [3.05, 3.63) is 214 Å². The molecule has 2 saturated carbocycles. The molecule has 456 valence electrons. The fourth-order valence-electron chi connectivity index (χ4n) is 13.8. The van der Waals surface area contributed by atoms with Crippen molar-refractivity contribution in [2.24, 2.45) is 0 Å². The molecule has 3 aliphatic rings. The van der Waals surface area contributed by atoms with Crippen LogP contribution in [0.3, 0.4) is 0 Å². The maximum Gasteiger partial charge on any atom is 0.200 e. The third-order valence-corrected chi connectivity index (χ3v) is 18.4. The van der Waals surface area contributed by atoms with Gasteiger partial charge in [-0.3, -0.25) is 4.57 Å². The molecule has 13 rings (SSSR count). The first-order valence-corrected chi connectivity index (χ1v) is 30.4. The number of anilines is 4. The summed E-state index contributed by atoms with van der Waals surface area (Å²) in [5.74, 6) is -21.2. The number of benzene rings is 8. The fourth-order valence-corrected chi connectivity index (χ4v) is 13.8. The summed E-state index contributed by atoms with van der Waals surface area (Å²) in [6.07, 6.45) is 12.3. The van der Waals surface area contributed by atoms with Gasteiger partial charge in [0.25, 0.3) is 0 Å². The van der Waals surface area contributed by atoms with E-state index in [1.54, 1.807) is 45.0 Å². The van der Waals surface area contributed by atoms with Crippen LogP contribution in [0.25, 0.3) is 61.0 Å². The second-order valence-corrected chi connectivity index (χ2v) is 26.0. The molecule has 2 aliphatic carbocycles. The lowest BCUT2D eigenvalue weighted by molar-refractivity contribution is 0.381. The van der Waals surface area contributed by atoms with Gasteiger partial charge in [-0.05, 0) is 148 Å². The highest BCUT2D eigenvalue weighted by Gasteiger charge is 2.39. The van der Waals surface area contributed by atoms with Crippen molar-refractivity contribution in [2.45, 2.75) is 128 Å². The van der Waals surface area contributed by atoms with Gasteiger partial charge >= 0.3 is 0 Å². The lowest BCUT2D eigenvalue weighted by atomic mass is 9.75. The Labute approximate surface area is 510 Å². The molecular formula is C74H64F10N4O. The molecule has 15 heteroatoms. The first-order valence-electron chi connectivity index (χ1n) is 30.4. The number of rotatable bonds is 10. The molecule has 8 aromatic carbocycles. The molecule has 89 heavy (non-hydrogen) atoms. The van der Waals surface area contributed by atoms with Crippen LogP contribution in [0.5, 0.6) is 11.5 Å². The molecule has 0 amide bonds. The number of aromatic nitrogens is 2. The van der Waals surface area contributed by atoms with Crippen LogP contribution in [0.15, 0.2) is 134 Å². The Morgan fingerprint density at radius 1 is 0.427 bits per heavy atom. The van der Waals surface area contributed by atoms with Crippen molar-refractivity contribution < 1.29 is 48.6 Å². The second-order valence-electron chi connectivity index (χ2n) is 26.0. The Bertz CT molecular complexity index is 4290. The highest BCUT2D eigenvalue weighted by atomic mass is 19.2. The van der Waals surface area contributed by atoms with E-state index >= 15 is 35.1 Å². The van der Waals surface area contributed by atoms with Crippen molar-refractivity contribution in [2.75, 3.05) is 16.5 Å². The van der Waals surface area contributed by atoms with Crippen LogP contribution in [0.1, 0.15) is 140 Å². The molecule has 0 spiro atoms. The summed E-state index contributed by atoms with van der Waals surface area (Å²) in [6, 6.07) is 39.5. The van der Waals surface area contributed by atoms with Gasteiger partial charge in [0.15, 0.2) is 46.5 Å². The van der Waals surface area contributed by atoms with Gasteiger partial charge < -0.3 is 14.5 Å². The van der Waals surface area contributed by atoms with Gasteiger partial charge in [0, 0.05) is 45.9 Å². The topological polar surface area (TPSA) is 33.5 Å². The molecule has 3 heterocycles. The summed E-state index contributed by atoms with van der Waals surface area (Å²) in [4.78, 5) is 8.04. The zero-order chi connectivity index (χ0) is 62.5. The number of nitrogens with zero attached hydrogens (tertiary/aromatic N) is 4. The van der Waals surface area contributed by atoms with E-state index < -0.39 is 98.2 Å². The van der Waals surface area contributed by atoms with Gasteiger partial charge in [0.2, 0.25) is 11.6 Å². The zero-order valence-corrected chi connectivity index (χ0v) is 50.1. The van der Waals surface area contributed by atoms with Crippen LogP contribution >= 0.6 is 0 Å². The third kappa shape index (κ3) is 10.4. The Morgan fingerprint density at radius 2 is 0.933 bits per heavy atom. The Morgan fingerprint density at radius 3 is 1.48 bits per heavy atom. The number of pyridine rings is 1. The van der Waals surface area contributed by atoms with E-state index in [1.807, 2.05) is 65.7 Å². The van der Waals surface area contributed by atoms with Crippen molar-refractivity contribution >= 4 is 44.6 Å². The minimum atomic E-state index is -2.46. The van der Waals surface area contributed by atoms with E-state index in [-0.39, 0.29) is 28.5 Å². The van der Waals surface area contributed by atoms with E-state index in [0.29, 0.717) is 22.9 Å². The maximum absolute atomic E-state index is 16.7. The summed E-state index contributed by atoms with van der Waals surface area (Å²) in [7, 11) is 0. The second kappa shape index (κ2) is 22.8. The molecule has 5 nitrogen and oxygen atoms in total. The maximum atomic E-state index is 16.7. The number of ether oxygens (including phenoxy) is 1. The summed E-state index contributed by atoms with van der Waals surface area (Å²) in [5, 5.41) is 1.97. The van der Waals surface area contributed by atoms with E-state index in [4.69, 9.17) is 9.72 Å². The highest BCUT2D eigenvalue weighted by molar-refractivity contribution is 6.09. The molecule has 0 radical (unpaired) electrons. The molecule has 0 N–H and O–H groups in total. The molecule has 0 unspecified atom stereocenters. The van der Waals surface area contributed by atoms with Crippen LogP contribution in [0.2, 0.25) is 0 Å².